The molecule has 11 heteroatoms. The summed E-state index contributed by atoms with van der Waals surface area (Å²) in [6.45, 7) is 4.95. The number of anilines is 1. The average molecular weight is 625 g/mol. The van der Waals surface area contributed by atoms with Crippen molar-refractivity contribution in [3.8, 4) is 0 Å². The first-order valence-corrected chi connectivity index (χ1v) is 15.4. The van der Waals surface area contributed by atoms with Crippen molar-refractivity contribution >= 4 is 62.3 Å². The molecule has 0 aromatic heterocycles. The van der Waals surface area contributed by atoms with Crippen molar-refractivity contribution in [1.29, 1.82) is 0 Å². The summed E-state index contributed by atoms with van der Waals surface area (Å²) in [7, 11) is -3.98. The summed E-state index contributed by atoms with van der Waals surface area (Å²) in [4.78, 5) is 29.2. The van der Waals surface area contributed by atoms with Gasteiger partial charge in [0.05, 0.1) is 17.0 Å². The van der Waals surface area contributed by atoms with Gasteiger partial charge < -0.3 is 10.2 Å². The van der Waals surface area contributed by atoms with Crippen molar-refractivity contribution in [2.75, 3.05) is 17.1 Å². The van der Waals surface area contributed by atoms with Crippen LogP contribution in [0.15, 0.2) is 72.8 Å². The molecule has 7 nitrogen and oxygen atoms in total. The second-order valence-electron chi connectivity index (χ2n) is 10.5. The Balaban J connectivity index is 2.10. The summed E-state index contributed by atoms with van der Waals surface area (Å²) < 4.78 is 26.7. The quantitative estimate of drug-likeness (QED) is 0.301. The van der Waals surface area contributed by atoms with E-state index in [-0.39, 0.29) is 34.6 Å². The third-order valence-corrected chi connectivity index (χ3v) is 7.78. The highest BCUT2D eigenvalue weighted by molar-refractivity contribution is 7.92. The molecule has 0 saturated heterocycles. The number of amides is 2. The number of benzene rings is 3. The van der Waals surface area contributed by atoms with Crippen LogP contribution in [0.2, 0.25) is 15.1 Å². The zero-order valence-electron chi connectivity index (χ0n) is 22.7. The number of rotatable bonds is 10. The van der Waals surface area contributed by atoms with E-state index >= 15 is 0 Å². The van der Waals surface area contributed by atoms with Gasteiger partial charge in [0.25, 0.3) is 0 Å². The molecule has 0 aliphatic rings. The van der Waals surface area contributed by atoms with Gasteiger partial charge in [-0.25, -0.2) is 8.42 Å². The number of hydrogen-bond acceptors (Lipinski definition) is 4. The molecule has 40 heavy (non-hydrogen) atoms. The van der Waals surface area contributed by atoms with Gasteiger partial charge in [-0.1, -0.05) is 77.3 Å². The second kappa shape index (κ2) is 13.3. The van der Waals surface area contributed by atoms with Gasteiger partial charge in [0.1, 0.15) is 12.6 Å². The van der Waals surface area contributed by atoms with Gasteiger partial charge >= 0.3 is 0 Å². The van der Waals surface area contributed by atoms with E-state index in [0.29, 0.717) is 10.6 Å². The molecule has 1 unspecified atom stereocenters. The van der Waals surface area contributed by atoms with Gasteiger partial charge in [-0.05, 0) is 62.2 Å². The Bertz CT molecular complexity index is 1460. The van der Waals surface area contributed by atoms with E-state index in [1.807, 2.05) is 51.1 Å². The van der Waals surface area contributed by atoms with Crippen molar-refractivity contribution in [2.24, 2.45) is 0 Å². The fourth-order valence-corrected chi connectivity index (χ4v) is 5.61. The minimum absolute atomic E-state index is 0.00926. The summed E-state index contributed by atoms with van der Waals surface area (Å²) >= 11 is 18.7. The second-order valence-corrected chi connectivity index (χ2v) is 13.6. The fraction of sp³-hybridized carbons (Fsp3) is 0.310. The number of nitrogens with one attached hydrogen (secondary N) is 1. The maximum Gasteiger partial charge on any atom is 0.244 e. The average Bonchev–Trinajstić information content (AvgIpc) is 2.85. The SMILES string of the molecule is CC(C)(C)NC(=O)C(Cc1ccccc1)N(Cc1cccc(Cl)c1)C(=O)CN(c1cc(Cl)ccc1Cl)S(C)(=O)=O. The number of hydrogen-bond donors (Lipinski definition) is 1. The lowest BCUT2D eigenvalue weighted by Gasteiger charge is -2.35. The highest BCUT2D eigenvalue weighted by Crippen LogP contribution is 2.31. The first kappa shape index (κ1) is 31.7. The standard InChI is InChI=1S/C29H32Cl3N3O4S/c1-29(2,3)33-28(37)26(16-20-9-6-5-7-10-20)34(18-21-11-8-12-22(30)15-21)27(36)19-35(40(4,38)39)25-17-23(31)13-14-24(25)32/h5-15,17,26H,16,18-19H2,1-4H3,(H,33,37). The van der Waals surface area contributed by atoms with Crippen LogP contribution < -0.4 is 9.62 Å². The molecule has 0 bridgehead atoms. The molecular weight excluding hydrogens is 593 g/mol. The molecule has 3 aromatic carbocycles. The van der Waals surface area contributed by atoms with E-state index in [2.05, 4.69) is 5.32 Å². The van der Waals surface area contributed by atoms with E-state index in [1.165, 1.54) is 23.1 Å². The Morgan fingerprint density at radius 1 is 0.875 bits per heavy atom. The number of sulfonamides is 1. The van der Waals surface area contributed by atoms with Crippen molar-refractivity contribution < 1.29 is 18.0 Å². The van der Waals surface area contributed by atoms with Gasteiger partial charge in [0.2, 0.25) is 21.8 Å². The molecule has 0 fully saturated rings. The maximum atomic E-state index is 14.1. The molecule has 0 spiro atoms. The zero-order valence-corrected chi connectivity index (χ0v) is 25.8. The van der Waals surface area contributed by atoms with E-state index in [9.17, 15) is 18.0 Å². The van der Waals surface area contributed by atoms with Crippen LogP contribution in [0.25, 0.3) is 0 Å². The van der Waals surface area contributed by atoms with Gasteiger partial charge in [-0.15, -0.1) is 0 Å². The summed E-state index contributed by atoms with van der Waals surface area (Å²) in [6.07, 6.45) is 1.18. The normalized spacial score (nSPS) is 12.5. The monoisotopic (exact) mass is 623 g/mol. The van der Waals surface area contributed by atoms with Crippen LogP contribution in [-0.4, -0.2) is 49.5 Å². The number of carbonyl (C=O) groups is 2. The third-order valence-electron chi connectivity index (χ3n) is 5.87. The van der Waals surface area contributed by atoms with Crippen LogP contribution in [0, 0.1) is 0 Å². The Kier molecular flexibility index (Phi) is 10.5. The van der Waals surface area contributed by atoms with Crippen molar-refractivity contribution in [1.82, 2.24) is 10.2 Å². The molecule has 1 atom stereocenters. The number of nitrogens with zero attached hydrogens (tertiary/aromatic N) is 2. The largest absolute Gasteiger partial charge is 0.350 e. The maximum absolute atomic E-state index is 14.1. The molecule has 0 aliphatic carbocycles. The van der Waals surface area contributed by atoms with Gasteiger partial charge in [-0.2, -0.15) is 0 Å². The predicted octanol–water partition coefficient (Wildman–Crippen LogP) is 5.97. The number of carbonyl (C=O) groups excluding carboxylic acids is 2. The summed E-state index contributed by atoms with van der Waals surface area (Å²) in [5, 5.41) is 3.80. The van der Waals surface area contributed by atoms with Crippen LogP contribution in [0.1, 0.15) is 31.9 Å². The molecule has 3 aromatic rings. The van der Waals surface area contributed by atoms with Crippen LogP contribution >= 0.6 is 34.8 Å². The molecule has 0 saturated carbocycles. The molecular formula is C29H32Cl3N3O4S. The van der Waals surface area contributed by atoms with Gasteiger partial charge in [0, 0.05) is 28.5 Å². The lowest BCUT2D eigenvalue weighted by Crippen LogP contribution is -2.56. The Labute approximate surface area is 251 Å². The zero-order chi connectivity index (χ0) is 29.7. The minimum Gasteiger partial charge on any atom is -0.350 e. The highest BCUT2D eigenvalue weighted by atomic mass is 35.5. The number of halogens is 3. The van der Waals surface area contributed by atoms with Gasteiger partial charge in [-0.3, -0.25) is 13.9 Å². The fourth-order valence-electron chi connectivity index (χ4n) is 4.11. The first-order chi connectivity index (χ1) is 18.6. The first-order valence-electron chi connectivity index (χ1n) is 12.5. The van der Waals surface area contributed by atoms with Crippen molar-refractivity contribution in [3.05, 3.63) is 99.0 Å². The molecule has 2 amide bonds. The Morgan fingerprint density at radius 2 is 1.50 bits per heavy atom. The van der Waals surface area contributed by atoms with Crippen LogP contribution in [-0.2, 0) is 32.6 Å². The van der Waals surface area contributed by atoms with Crippen LogP contribution in [0.5, 0.6) is 0 Å². The minimum atomic E-state index is -3.98. The van der Waals surface area contributed by atoms with E-state index in [0.717, 1.165) is 16.1 Å². The topological polar surface area (TPSA) is 86.8 Å². The molecule has 0 heterocycles. The molecule has 0 radical (unpaired) electrons. The van der Waals surface area contributed by atoms with Crippen molar-refractivity contribution in [2.45, 2.75) is 45.3 Å². The van der Waals surface area contributed by atoms with E-state index < -0.39 is 34.1 Å². The smallest absolute Gasteiger partial charge is 0.244 e. The highest BCUT2D eigenvalue weighted by Gasteiger charge is 2.34. The Morgan fingerprint density at radius 3 is 2.10 bits per heavy atom. The van der Waals surface area contributed by atoms with Gasteiger partial charge in [0.15, 0.2) is 0 Å². The molecule has 214 valence electrons. The lowest BCUT2D eigenvalue weighted by molar-refractivity contribution is -0.140. The van der Waals surface area contributed by atoms with Crippen molar-refractivity contribution in [3.63, 3.8) is 0 Å². The predicted molar refractivity (Wildman–Crippen MR) is 162 cm³/mol. The summed E-state index contributed by atoms with van der Waals surface area (Å²) in [5.41, 5.74) is 0.989. The van der Waals surface area contributed by atoms with E-state index in [1.54, 1.807) is 24.3 Å². The summed E-state index contributed by atoms with van der Waals surface area (Å²) in [6, 6.07) is 19.6. The molecule has 3 rings (SSSR count). The van der Waals surface area contributed by atoms with Crippen LogP contribution in [0.4, 0.5) is 5.69 Å². The summed E-state index contributed by atoms with van der Waals surface area (Å²) in [5.74, 6) is -0.982. The van der Waals surface area contributed by atoms with Crippen LogP contribution in [0.3, 0.4) is 0 Å². The Hall–Kier alpha value is -2.78. The molecule has 0 aliphatic heterocycles. The third kappa shape index (κ3) is 9.13. The van der Waals surface area contributed by atoms with E-state index in [4.69, 9.17) is 34.8 Å². The molecule has 1 N–H and O–H groups in total. The lowest BCUT2D eigenvalue weighted by atomic mass is 10.0.